The van der Waals surface area contributed by atoms with Gasteiger partial charge in [0.1, 0.15) is 5.82 Å². The standard InChI is InChI=1S/C21H24FN3O4/c1-28-18-8-5-14(11-19(18)29-2)13-23-20(26)16-12-15(22)6-7-17(16)24-21(27)25-9-3-4-10-25/h5-8,11-12H,3-4,9-10,13H2,1-2H3,(H,23,26)(H,24,27). The zero-order chi connectivity index (χ0) is 20.8. The molecule has 0 aromatic heterocycles. The van der Waals surface area contributed by atoms with Crippen LogP contribution < -0.4 is 20.1 Å². The zero-order valence-corrected chi connectivity index (χ0v) is 16.5. The molecule has 8 heteroatoms. The first-order valence-electron chi connectivity index (χ1n) is 9.36. The number of hydrogen-bond acceptors (Lipinski definition) is 4. The lowest BCUT2D eigenvalue weighted by molar-refractivity contribution is 0.0951. The molecule has 0 saturated carbocycles. The Bertz CT molecular complexity index is 897. The van der Waals surface area contributed by atoms with Crippen molar-refractivity contribution in [3.05, 3.63) is 53.3 Å². The Kier molecular flexibility index (Phi) is 6.54. The lowest BCUT2D eigenvalue weighted by Crippen LogP contribution is -2.33. The highest BCUT2D eigenvalue weighted by Crippen LogP contribution is 2.27. The molecule has 1 aliphatic heterocycles. The van der Waals surface area contributed by atoms with Crippen LogP contribution in [0.15, 0.2) is 36.4 Å². The van der Waals surface area contributed by atoms with Gasteiger partial charge >= 0.3 is 6.03 Å². The number of amides is 3. The Morgan fingerprint density at radius 3 is 2.45 bits per heavy atom. The molecule has 0 spiro atoms. The second-order valence-corrected chi connectivity index (χ2v) is 6.69. The fraction of sp³-hybridized carbons (Fsp3) is 0.333. The van der Waals surface area contributed by atoms with E-state index in [1.807, 2.05) is 0 Å². The van der Waals surface area contributed by atoms with Crippen LogP contribution in [0.5, 0.6) is 11.5 Å². The van der Waals surface area contributed by atoms with E-state index in [1.54, 1.807) is 30.2 Å². The van der Waals surface area contributed by atoms with Gasteiger partial charge in [0.2, 0.25) is 0 Å². The smallest absolute Gasteiger partial charge is 0.321 e. The van der Waals surface area contributed by atoms with Crippen LogP contribution in [0.1, 0.15) is 28.8 Å². The van der Waals surface area contributed by atoms with Crippen LogP contribution in [0.25, 0.3) is 0 Å². The Balaban J connectivity index is 1.71. The molecule has 2 aromatic rings. The first kappa shape index (κ1) is 20.4. The summed E-state index contributed by atoms with van der Waals surface area (Å²) in [5, 5.41) is 5.46. The van der Waals surface area contributed by atoms with Crippen molar-refractivity contribution in [1.82, 2.24) is 10.2 Å². The molecule has 0 atom stereocenters. The van der Waals surface area contributed by atoms with Gasteiger partial charge in [0.05, 0.1) is 25.5 Å². The van der Waals surface area contributed by atoms with E-state index >= 15 is 0 Å². The van der Waals surface area contributed by atoms with Crippen molar-refractivity contribution in [2.24, 2.45) is 0 Å². The van der Waals surface area contributed by atoms with Crippen LogP contribution in [-0.4, -0.2) is 44.1 Å². The molecular formula is C21H24FN3O4. The summed E-state index contributed by atoms with van der Waals surface area (Å²) in [4.78, 5) is 26.7. The van der Waals surface area contributed by atoms with E-state index in [4.69, 9.17) is 9.47 Å². The van der Waals surface area contributed by atoms with Crippen molar-refractivity contribution in [2.45, 2.75) is 19.4 Å². The van der Waals surface area contributed by atoms with Gasteiger partial charge in [-0.2, -0.15) is 0 Å². The van der Waals surface area contributed by atoms with Gasteiger partial charge in [-0.1, -0.05) is 6.07 Å². The largest absolute Gasteiger partial charge is 0.493 e. The molecule has 1 aliphatic rings. The highest BCUT2D eigenvalue weighted by atomic mass is 19.1. The topological polar surface area (TPSA) is 79.9 Å². The third kappa shape index (κ3) is 4.96. The fourth-order valence-corrected chi connectivity index (χ4v) is 3.20. The molecule has 154 valence electrons. The molecular weight excluding hydrogens is 377 g/mol. The lowest BCUT2D eigenvalue weighted by atomic mass is 10.1. The maximum absolute atomic E-state index is 13.8. The summed E-state index contributed by atoms with van der Waals surface area (Å²) in [6, 6.07) is 8.72. The van der Waals surface area contributed by atoms with Gasteiger partial charge in [0.25, 0.3) is 5.91 Å². The van der Waals surface area contributed by atoms with Gasteiger partial charge in [0.15, 0.2) is 11.5 Å². The number of halogens is 1. The number of nitrogens with zero attached hydrogens (tertiary/aromatic N) is 1. The van der Waals surface area contributed by atoms with Crippen molar-refractivity contribution in [2.75, 3.05) is 32.6 Å². The maximum atomic E-state index is 13.8. The van der Waals surface area contributed by atoms with Crippen molar-refractivity contribution in [3.63, 3.8) is 0 Å². The van der Waals surface area contributed by atoms with E-state index in [0.717, 1.165) is 24.5 Å². The summed E-state index contributed by atoms with van der Waals surface area (Å²) < 4.78 is 24.2. The number of rotatable bonds is 6. The molecule has 2 N–H and O–H groups in total. The molecule has 7 nitrogen and oxygen atoms in total. The van der Waals surface area contributed by atoms with Gasteiger partial charge in [0, 0.05) is 19.6 Å². The summed E-state index contributed by atoms with van der Waals surface area (Å²) in [5.74, 6) is 0.0830. The second kappa shape index (κ2) is 9.27. The number of anilines is 1. The van der Waals surface area contributed by atoms with Crippen molar-refractivity contribution in [1.29, 1.82) is 0 Å². The first-order chi connectivity index (χ1) is 14.0. The number of methoxy groups -OCH3 is 2. The molecule has 0 bridgehead atoms. The summed E-state index contributed by atoms with van der Waals surface area (Å²) in [5.41, 5.74) is 1.13. The normalized spacial score (nSPS) is 13.1. The predicted octanol–water partition coefficient (Wildman–Crippen LogP) is 3.40. The second-order valence-electron chi connectivity index (χ2n) is 6.69. The molecule has 0 unspecified atom stereocenters. The predicted molar refractivity (Wildman–Crippen MR) is 107 cm³/mol. The first-order valence-corrected chi connectivity index (χ1v) is 9.36. The number of hydrogen-bond donors (Lipinski definition) is 2. The van der Waals surface area contributed by atoms with Crippen LogP contribution in [0.2, 0.25) is 0 Å². The number of ether oxygens (including phenoxy) is 2. The van der Waals surface area contributed by atoms with Gasteiger partial charge in [-0.3, -0.25) is 4.79 Å². The Labute approximate surface area is 168 Å². The van der Waals surface area contributed by atoms with E-state index in [2.05, 4.69) is 10.6 Å². The molecule has 1 fully saturated rings. The van der Waals surface area contributed by atoms with Crippen molar-refractivity contribution in [3.8, 4) is 11.5 Å². The number of likely N-dealkylation sites (tertiary alicyclic amines) is 1. The van der Waals surface area contributed by atoms with Crippen LogP contribution in [-0.2, 0) is 6.54 Å². The molecule has 1 heterocycles. The molecule has 3 rings (SSSR count). The molecule has 3 amide bonds. The number of carbonyl (C=O) groups excluding carboxylic acids is 2. The Morgan fingerprint density at radius 1 is 1.03 bits per heavy atom. The van der Waals surface area contributed by atoms with Crippen LogP contribution in [0.4, 0.5) is 14.9 Å². The van der Waals surface area contributed by atoms with E-state index < -0.39 is 11.7 Å². The van der Waals surface area contributed by atoms with E-state index in [-0.39, 0.29) is 23.8 Å². The Morgan fingerprint density at radius 2 is 1.76 bits per heavy atom. The maximum Gasteiger partial charge on any atom is 0.321 e. The molecule has 0 aliphatic carbocycles. The summed E-state index contributed by atoms with van der Waals surface area (Å²) in [6.45, 7) is 1.55. The van der Waals surface area contributed by atoms with E-state index in [0.29, 0.717) is 24.6 Å². The number of nitrogens with one attached hydrogen (secondary N) is 2. The van der Waals surface area contributed by atoms with Gasteiger partial charge in [-0.25, -0.2) is 9.18 Å². The third-order valence-electron chi connectivity index (χ3n) is 4.76. The fourth-order valence-electron chi connectivity index (χ4n) is 3.20. The summed E-state index contributed by atoms with van der Waals surface area (Å²) >= 11 is 0. The molecule has 0 radical (unpaired) electrons. The number of urea groups is 1. The van der Waals surface area contributed by atoms with Gasteiger partial charge < -0.3 is 25.0 Å². The summed E-state index contributed by atoms with van der Waals surface area (Å²) in [7, 11) is 3.07. The average molecular weight is 401 g/mol. The minimum absolute atomic E-state index is 0.0676. The number of benzene rings is 2. The van der Waals surface area contributed by atoms with Gasteiger partial charge in [-0.05, 0) is 48.7 Å². The molecule has 29 heavy (non-hydrogen) atoms. The molecule has 1 saturated heterocycles. The third-order valence-corrected chi connectivity index (χ3v) is 4.76. The highest BCUT2D eigenvalue weighted by molar-refractivity contribution is 6.03. The van der Waals surface area contributed by atoms with E-state index in [9.17, 15) is 14.0 Å². The highest BCUT2D eigenvalue weighted by Gasteiger charge is 2.20. The number of carbonyl (C=O) groups is 2. The SMILES string of the molecule is COc1ccc(CNC(=O)c2cc(F)ccc2NC(=O)N2CCCC2)cc1OC. The van der Waals surface area contributed by atoms with Crippen molar-refractivity contribution < 1.29 is 23.5 Å². The van der Waals surface area contributed by atoms with Crippen LogP contribution in [0, 0.1) is 5.82 Å². The van der Waals surface area contributed by atoms with Gasteiger partial charge in [-0.15, -0.1) is 0 Å². The molecule has 2 aromatic carbocycles. The summed E-state index contributed by atoms with van der Waals surface area (Å²) in [6.07, 6.45) is 1.91. The van der Waals surface area contributed by atoms with E-state index in [1.165, 1.54) is 19.2 Å². The lowest BCUT2D eigenvalue weighted by Gasteiger charge is -2.18. The average Bonchev–Trinajstić information content (AvgIpc) is 3.28. The zero-order valence-electron chi connectivity index (χ0n) is 16.5. The Hall–Kier alpha value is -3.29. The monoisotopic (exact) mass is 401 g/mol. The van der Waals surface area contributed by atoms with Crippen LogP contribution >= 0.6 is 0 Å². The minimum Gasteiger partial charge on any atom is -0.493 e. The minimum atomic E-state index is -0.555. The quantitative estimate of drug-likeness (QED) is 0.778. The van der Waals surface area contributed by atoms with Crippen molar-refractivity contribution >= 4 is 17.6 Å². The van der Waals surface area contributed by atoms with Crippen LogP contribution in [0.3, 0.4) is 0 Å².